The van der Waals surface area contributed by atoms with E-state index in [-0.39, 0.29) is 24.3 Å². The molecule has 24 heavy (non-hydrogen) atoms. The predicted molar refractivity (Wildman–Crippen MR) is 83.4 cm³/mol. The minimum Gasteiger partial charge on any atom is -0.494 e. The SMILES string of the molecule is CN(C)CCCOc1ccc2c(c1)C(=O)N(CCO[N+](=O)[O-])C2=O. The highest BCUT2D eigenvalue weighted by Gasteiger charge is 2.35. The van der Waals surface area contributed by atoms with Crippen molar-refractivity contribution in [1.82, 2.24) is 9.80 Å². The molecular weight excluding hydrogens is 318 g/mol. The third-order valence-electron chi connectivity index (χ3n) is 3.47. The van der Waals surface area contributed by atoms with Crippen molar-refractivity contribution >= 4 is 11.8 Å². The quantitative estimate of drug-likeness (QED) is 0.284. The maximum atomic E-state index is 12.3. The molecule has 0 saturated heterocycles. The summed E-state index contributed by atoms with van der Waals surface area (Å²) < 4.78 is 5.59. The Morgan fingerprint density at radius 2 is 1.88 bits per heavy atom. The van der Waals surface area contributed by atoms with Crippen molar-refractivity contribution in [2.45, 2.75) is 6.42 Å². The van der Waals surface area contributed by atoms with E-state index in [0.717, 1.165) is 17.9 Å². The van der Waals surface area contributed by atoms with Crippen LogP contribution in [0.2, 0.25) is 0 Å². The lowest BCUT2D eigenvalue weighted by atomic mass is 10.1. The highest BCUT2D eigenvalue weighted by Crippen LogP contribution is 2.26. The Morgan fingerprint density at radius 1 is 1.17 bits per heavy atom. The first kappa shape index (κ1) is 17.7. The molecule has 0 aromatic heterocycles. The van der Waals surface area contributed by atoms with Crippen LogP contribution in [0.15, 0.2) is 18.2 Å². The van der Waals surface area contributed by atoms with E-state index in [4.69, 9.17) is 4.74 Å². The Bertz CT molecular complexity index is 646. The summed E-state index contributed by atoms with van der Waals surface area (Å²) in [6.45, 7) is 0.852. The fraction of sp³-hybridized carbons (Fsp3) is 0.467. The van der Waals surface area contributed by atoms with E-state index in [1.54, 1.807) is 6.07 Å². The van der Waals surface area contributed by atoms with Crippen LogP contribution in [0.3, 0.4) is 0 Å². The molecule has 0 saturated carbocycles. The number of nitrogens with zero attached hydrogens (tertiary/aromatic N) is 3. The minimum atomic E-state index is -0.960. The van der Waals surface area contributed by atoms with Crippen LogP contribution in [0.25, 0.3) is 0 Å². The van der Waals surface area contributed by atoms with Gasteiger partial charge in [-0.15, -0.1) is 10.1 Å². The number of hydrogen-bond acceptors (Lipinski definition) is 7. The van der Waals surface area contributed by atoms with Crippen molar-refractivity contribution in [3.8, 4) is 5.75 Å². The summed E-state index contributed by atoms with van der Waals surface area (Å²) in [5.74, 6) is -0.473. The molecule has 0 aliphatic carbocycles. The number of amides is 2. The molecule has 1 aromatic rings. The first-order valence-corrected chi connectivity index (χ1v) is 7.45. The van der Waals surface area contributed by atoms with Crippen molar-refractivity contribution < 1.29 is 24.3 Å². The molecule has 1 heterocycles. The van der Waals surface area contributed by atoms with Crippen LogP contribution in [0.4, 0.5) is 0 Å². The molecule has 1 aliphatic heterocycles. The molecule has 0 spiro atoms. The van der Waals surface area contributed by atoms with E-state index in [9.17, 15) is 19.7 Å². The first-order valence-electron chi connectivity index (χ1n) is 7.45. The molecule has 1 aliphatic rings. The van der Waals surface area contributed by atoms with E-state index in [2.05, 4.69) is 4.84 Å². The lowest BCUT2D eigenvalue weighted by molar-refractivity contribution is -0.757. The van der Waals surface area contributed by atoms with Crippen LogP contribution in [-0.4, -0.2) is 67.1 Å². The van der Waals surface area contributed by atoms with E-state index >= 15 is 0 Å². The van der Waals surface area contributed by atoms with Crippen molar-refractivity contribution in [2.75, 3.05) is 40.4 Å². The monoisotopic (exact) mass is 337 g/mol. The van der Waals surface area contributed by atoms with Gasteiger partial charge in [-0.1, -0.05) is 0 Å². The Labute approximate surface area is 138 Å². The van der Waals surface area contributed by atoms with Crippen molar-refractivity contribution in [3.05, 3.63) is 39.4 Å². The van der Waals surface area contributed by atoms with Gasteiger partial charge in [0.1, 0.15) is 12.4 Å². The zero-order valence-corrected chi connectivity index (χ0v) is 13.6. The third kappa shape index (κ3) is 4.19. The Hall–Kier alpha value is -2.68. The molecule has 0 radical (unpaired) electrons. The molecule has 0 bridgehead atoms. The summed E-state index contributed by atoms with van der Waals surface area (Å²) in [5, 5.41) is 9.18. The molecule has 0 unspecified atom stereocenters. The first-order chi connectivity index (χ1) is 11.4. The van der Waals surface area contributed by atoms with Gasteiger partial charge in [-0.05, 0) is 38.7 Å². The Morgan fingerprint density at radius 3 is 2.54 bits per heavy atom. The second kappa shape index (κ2) is 7.73. The summed E-state index contributed by atoms with van der Waals surface area (Å²) in [4.78, 5) is 41.7. The largest absolute Gasteiger partial charge is 0.494 e. The normalized spacial score (nSPS) is 13.4. The summed E-state index contributed by atoms with van der Waals surface area (Å²) in [6, 6.07) is 4.70. The molecular formula is C15H19N3O6. The minimum absolute atomic E-state index is 0.174. The molecule has 0 fully saturated rings. The standard InChI is InChI=1S/C15H19N3O6/c1-16(2)6-3-8-23-11-4-5-12-13(10-11)15(20)17(14(12)19)7-9-24-18(21)22/h4-5,10H,3,6-9H2,1-2H3. The topological polar surface area (TPSA) is 102 Å². The molecule has 1 aromatic carbocycles. The smallest absolute Gasteiger partial charge is 0.294 e. The lowest BCUT2D eigenvalue weighted by Gasteiger charge is -2.12. The van der Waals surface area contributed by atoms with Gasteiger partial charge >= 0.3 is 0 Å². The summed E-state index contributed by atoms with van der Waals surface area (Å²) in [6.07, 6.45) is 0.835. The van der Waals surface area contributed by atoms with Crippen LogP contribution >= 0.6 is 0 Å². The lowest BCUT2D eigenvalue weighted by Crippen LogP contribution is -2.33. The van der Waals surface area contributed by atoms with Gasteiger partial charge in [0.05, 0.1) is 24.3 Å². The van der Waals surface area contributed by atoms with Crippen LogP contribution in [0.5, 0.6) is 5.75 Å². The van der Waals surface area contributed by atoms with Crippen LogP contribution < -0.4 is 4.74 Å². The summed E-state index contributed by atoms with van der Waals surface area (Å²) in [7, 11) is 3.94. The van der Waals surface area contributed by atoms with Gasteiger partial charge in [-0.25, -0.2) is 0 Å². The predicted octanol–water partition coefficient (Wildman–Crippen LogP) is 0.821. The molecule has 0 atom stereocenters. The zero-order valence-electron chi connectivity index (χ0n) is 13.6. The van der Waals surface area contributed by atoms with E-state index < -0.39 is 16.9 Å². The number of fused-ring (bicyclic) bond motifs is 1. The van der Waals surface area contributed by atoms with Crippen LogP contribution in [0.1, 0.15) is 27.1 Å². The Kier molecular flexibility index (Phi) is 5.69. The van der Waals surface area contributed by atoms with Gasteiger partial charge in [0.25, 0.3) is 16.9 Å². The third-order valence-corrected chi connectivity index (χ3v) is 3.47. The van der Waals surface area contributed by atoms with Gasteiger partial charge in [0.15, 0.2) is 0 Å². The summed E-state index contributed by atoms with van der Waals surface area (Å²) in [5.41, 5.74) is 0.507. The van der Waals surface area contributed by atoms with Gasteiger partial charge in [0, 0.05) is 6.54 Å². The van der Waals surface area contributed by atoms with Gasteiger partial charge in [-0.2, -0.15) is 0 Å². The van der Waals surface area contributed by atoms with Crippen molar-refractivity contribution in [1.29, 1.82) is 0 Å². The number of imide groups is 1. The van der Waals surface area contributed by atoms with E-state index in [1.165, 1.54) is 12.1 Å². The average molecular weight is 337 g/mol. The van der Waals surface area contributed by atoms with Gasteiger partial charge in [-0.3, -0.25) is 14.5 Å². The number of rotatable bonds is 9. The average Bonchev–Trinajstić information content (AvgIpc) is 2.76. The van der Waals surface area contributed by atoms with Gasteiger partial charge in [0.2, 0.25) is 0 Å². The van der Waals surface area contributed by atoms with E-state index in [0.29, 0.717) is 12.4 Å². The van der Waals surface area contributed by atoms with E-state index in [1.807, 2.05) is 19.0 Å². The molecule has 9 nitrogen and oxygen atoms in total. The molecule has 9 heteroatoms. The second-order valence-electron chi connectivity index (χ2n) is 5.53. The second-order valence-corrected chi connectivity index (χ2v) is 5.53. The molecule has 130 valence electrons. The molecule has 2 amide bonds. The van der Waals surface area contributed by atoms with Crippen LogP contribution in [-0.2, 0) is 4.84 Å². The van der Waals surface area contributed by atoms with Crippen LogP contribution in [0, 0.1) is 10.1 Å². The highest BCUT2D eigenvalue weighted by atomic mass is 16.9. The number of carbonyl (C=O) groups is 2. The number of carbonyl (C=O) groups excluding carboxylic acids is 2. The highest BCUT2D eigenvalue weighted by molar-refractivity contribution is 6.21. The number of benzene rings is 1. The maximum Gasteiger partial charge on any atom is 0.294 e. The molecule has 2 rings (SSSR count). The number of hydrogen-bond donors (Lipinski definition) is 0. The Balaban J connectivity index is 1.98. The van der Waals surface area contributed by atoms with Crippen molar-refractivity contribution in [2.24, 2.45) is 0 Å². The fourth-order valence-corrected chi connectivity index (χ4v) is 2.34. The maximum absolute atomic E-state index is 12.3. The van der Waals surface area contributed by atoms with Crippen molar-refractivity contribution in [3.63, 3.8) is 0 Å². The zero-order chi connectivity index (χ0) is 17.7. The fourth-order valence-electron chi connectivity index (χ4n) is 2.34. The van der Waals surface area contributed by atoms with Gasteiger partial charge < -0.3 is 14.5 Å². The molecule has 0 N–H and O–H groups in total. The number of ether oxygens (including phenoxy) is 1. The summed E-state index contributed by atoms with van der Waals surface area (Å²) >= 11 is 0.